The number of carbonyl (C=O) groups is 7. The van der Waals surface area contributed by atoms with E-state index < -0.39 is 89.4 Å². The number of ether oxygens (including phenoxy) is 6. The zero-order valence-corrected chi connectivity index (χ0v) is 49.6. The number of aromatic nitrogens is 2. The van der Waals surface area contributed by atoms with Crippen molar-refractivity contribution in [1.29, 1.82) is 0 Å². The summed E-state index contributed by atoms with van der Waals surface area (Å²) < 4.78 is 37.1. The quantitative estimate of drug-likeness (QED) is 0.0451. The van der Waals surface area contributed by atoms with E-state index in [9.17, 15) is 43.8 Å². The van der Waals surface area contributed by atoms with Gasteiger partial charge >= 0.3 is 18.0 Å². The van der Waals surface area contributed by atoms with Crippen molar-refractivity contribution in [3.05, 3.63) is 82.2 Å². The molecule has 6 rings (SSSR count). The van der Waals surface area contributed by atoms with Gasteiger partial charge in [-0.15, -0.1) is 0 Å². The van der Waals surface area contributed by atoms with Gasteiger partial charge in [0.1, 0.15) is 41.4 Å². The lowest BCUT2D eigenvalue weighted by Crippen LogP contribution is -2.63. The van der Waals surface area contributed by atoms with Gasteiger partial charge in [-0.25, -0.2) is 14.6 Å². The summed E-state index contributed by atoms with van der Waals surface area (Å²) in [5.41, 5.74) is 1.64. The number of aliphatic carboxylic acids is 1. The Hall–Kier alpha value is -6.27. The maximum absolute atomic E-state index is 14.3. The Morgan fingerprint density at radius 3 is 2.49 bits per heavy atom. The first kappa shape index (κ1) is 64.9. The number of epoxide rings is 1. The number of halogens is 1. The zero-order valence-electron chi connectivity index (χ0n) is 48.9. The molecule has 1 unspecified atom stereocenters. The third-order valence-electron chi connectivity index (χ3n) is 15.8. The number of alkyl carbamates (subject to hydrolysis) is 1. The maximum Gasteiger partial charge on any atom is 0.409 e. The van der Waals surface area contributed by atoms with E-state index in [0.717, 1.165) is 40.0 Å². The second-order valence-corrected chi connectivity index (χ2v) is 22.3. The SMILES string of the molecule is CCN(C)Cc1cc2cccnc2n1CCC(=O)C[C@@H](CCC(=O)O)C(=O)NCCOCCOCCC(=O)N(C)[C@@H](C)C(=O)O[C@H]1CC(=O)N(C)c2cc(cc(C)c2Cl)C/C(C)=C/C=C/[C@@H](OC)[C@]2(O)C[C@H](OC(=O)N2)[C@@H](C)C2O[C@]21C. The summed E-state index contributed by atoms with van der Waals surface area (Å²) >= 11 is 6.83. The van der Waals surface area contributed by atoms with Gasteiger partial charge in [0.05, 0.1) is 56.1 Å². The molecular formula is C59H82ClN7O15. The summed E-state index contributed by atoms with van der Waals surface area (Å²) in [5, 5.41) is 27.8. The van der Waals surface area contributed by atoms with Crippen molar-refractivity contribution >= 4 is 69.9 Å². The smallest absolute Gasteiger partial charge is 0.409 e. The number of pyridine rings is 1. The van der Waals surface area contributed by atoms with Crippen LogP contribution in [0.2, 0.25) is 5.02 Å². The van der Waals surface area contributed by atoms with Crippen molar-refractivity contribution in [2.45, 2.75) is 148 Å². The average Bonchev–Trinajstić information content (AvgIpc) is 4.23. The molecule has 3 aliphatic heterocycles. The summed E-state index contributed by atoms with van der Waals surface area (Å²) in [6.07, 6.45) is 2.03. The molecule has 22 nitrogen and oxygen atoms in total. The first-order valence-electron chi connectivity index (χ1n) is 27.9. The van der Waals surface area contributed by atoms with Crippen molar-refractivity contribution < 1.29 is 72.2 Å². The van der Waals surface area contributed by atoms with Crippen LogP contribution in [0.5, 0.6) is 0 Å². The van der Waals surface area contributed by atoms with Crippen molar-refractivity contribution in [1.82, 2.24) is 30.0 Å². The number of esters is 1. The number of hydrogen-bond donors (Lipinski definition) is 4. The van der Waals surface area contributed by atoms with Gasteiger partial charge in [0.15, 0.2) is 5.72 Å². The number of rotatable bonds is 25. The highest BCUT2D eigenvalue weighted by atomic mass is 35.5. The van der Waals surface area contributed by atoms with Gasteiger partial charge in [-0.3, -0.25) is 29.3 Å². The summed E-state index contributed by atoms with van der Waals surface area (Å²) in [7, 11) is 6.47. The number of amides is 4. The number of aliphatic hydroxyl groups is 1. The van der Waals surface area contributed by atoms with E-state index in [4.69, 9.17) is 40.0 Å². The van der Waals surface area contributed by atoms with Gasteiger partial charge < -0.3 is 63.2 Å². The number of fused-ring (bicyclic) bond motifs is 6. The molecule has 4 bridgehead atoms. The molecule has 2 fully saturated rings. The number of likely N-dealkylation sites (N-methyl/N-ethyl adjacent to an activating group) is 1. The molecule has 450 valence electrons. The van der Waals surface area contributed by atoms with Crippen molar-refractivity contribution in [3.8, 4) is 0 Å². The normalized spacial score (nSPS) is 24.8. The molecule has 0 radical (unpaired) electrons. The third-order valence-corrected chi connectivity index (χ3v) is 16.3. The number of nitrogens with zero attached hydrogens (tertiary/aromatic N) is 5. The van der Waals surface area contributed by atoms with Crippen LogP contribution >= 0.6 is 11.6 Å². The fourth-order valence-corrected chi connectivity index (χ4v) is 10.7. The van der Waals surface area contributed by atoms with Crippen LogP contribution in [0, 0.1) is 18.8 Å². The Balaban J connectivity index is 0.993. The fourth-order valence-electron chi connectivity index (χ4n) is 10.5. The van der Waals surface area contributed by atoms with E-state index in [1.807, 2.05) is 55.8 Å². The highest BCUT2D eigenvalue weighted by molar-refractivity contribution is 6.34. The van der Waals surface area contributed by atoms with Crippen molar-refractivity contribution in [2.24, 2.45) is 11.8 Å². The zero-order chi connectivity index (χ0) is 60.1. The lowest BCUT2D eigenvalue weighted by Gasteiger charge is -2.42. The summed E-state index contributed by atoms with van der Waals surface area (Å²) in [4.78, 5) is 102. The molecule has 82 heavy (non-hydrogen) atoms. The van der Waals surface area contributed by atoms with E-state index in [0.29, 0.717) is 30.2 Å². The number of ketones is 1. The van der Waals surface area contributed by atoms with Gasteiger partial charge in [0, 0.05) is 95.6 Å². The van der Waals surface area contributed by atoms with Crippen LogP contribution in [0.4, 0.5) is 10.5 Å². The van der Waals surface area contributed by atoms with E-state index in [2.05, 4.69) is 33.5 Å². The fraction of sp³-hybridized carbons (Fsp3) is 0.593. The van der Waals surface area contributed by atoms with Gasteiger partial charge in [0.25, 0.3) is 0 Å². The van der Waals surface area contributed by atoms with Crippen LogP contribution < -0.4 is 15.5 Å². The van der Waals surface area contributed by atoms with E-state index in [1.54, 1.807) is 39.2 Å². The molecule has 1 aromatic carbocycles. The minimum Gasteiger partial charge on any atom is -0.481 e. The first-order valence-corrected chi connectivity index (χ1v) is 28.3. The first-order chi connectivity index (χ1) is 38.9. The summed E-state index contributed by atoms with van der Waals surface area (Å²) in [6.45, 7) is 13.1. The number of hydrogen-bond acceptors (Lipinski definition) is 16. The predicted molar refractivity (Wildman–Crippen MR) is 305 cm³/mol. The molecule has 4 amide bonds. The number of carboxylic acids is 1. The van der Waals surface area contributed by atoms with E-state index >= 15 is 0 Å². The number of carbonyl (C=O) groups excluding carboxylic acids is 6. The van der Waals surface area contributed by atoms with E-state index in [-0.39, 0.29) is 83.7 Å². The second kappa shape index (κ2) is 29.3. The number of anilines is 1. The van der Waals surface area contributed by atoms with E-state index in [1.165, 1.54) is 30.9 Å². The Bertz CT molecular complexity index is 2840. The summed E-state index contributed by atoms with van der Waals surface area (Å²) in [5.74, 6) is -4.78. The summed E-state index contributed by atoms with van der Waals surface area (Å²) in [6, 6.07) is 8.54. The topological polar surface area (TPSA) is 270 Å². The number of nitrogens with one attached hydrogen (secondary N) is 2. The minimum atomic E-state index is -1.87. The molecule has 0 spiro atoms. The lowest BCUT2D eigenvalue weighted by atomic mass is 9.83. The Morgan fingerprint density at radius 2 is 1.78 bits per heavy atom. The monoisotopic (exact) mass is 1160 g/mol. The third kappa shape index (κ3) is 16.9. The molecule has 3 aromatic rings. The largest absolute Gasteiger partial charge is 0.481 e. The average molecular weight is 1160 g/mol. The molecule has 9 atom stereocenters. The number of methoxy groups -OCH3 is 1. The van der Waals surface area contributed by atoms with Crippen LogP contribution in [-0.4, -0.2) is 181 Å². The van der Waals surface area contributed by atoms with Gasteiger partial charge in [-0.1, -0.05) is 55.3 Å². The molecule has 4 N–H and O–H groups in total. The minimum absolute atomic E-state index is 0.00435. The Morgan fingerprint density at radius 1 is 1.05 bits per heavy atom. The lowest BCUT2D eigenvalue weighted by molar-refractivity contribution is -0.162. The molecular weight excluding hydrogens is 1080 g/mol. The standard InChI is InChI=1S/C59H82ClN7O15/c1-11-64(7)35-43-31-41-15-13-21-61-54(41)67(43)23-19-44(68)32-42(17-18-51(71)72)55(73)62-22-25-79-27-26-78-24-20-49(69)65(8)39(5)56(74)81-48-33-50(70)66(9)45-30-40(29-37(3)52(45)60)28-36(2)14-12-16-47(77-10)59(76)34-46(80-57(75)63-59)38(4)53-58(48,6)82-53/h12-16,21,29-31,38-39,42,46-48,53,76H,11,17-20,22-28,32-35H2,1-10H3,(H,62,73)(H,63,75)(H,71,72)/b16-12+,36-14+/t38-,39+,42-,46+,47-,48+,53?,58+,59-/m1/s1. The van der Waals surface area contributed by atoms with Gasteiger partial charge in [-0.2, -0.15) is 0 Å². The molecule has 5 heterocycles. The molecule has 0 saturated carbocycles. The molecule has 0 aliphatic carbocycles. The highest BCUT2D eigenvalue weighted by Crippen LogP contribution is 2.49. The van der Waals surface area contributed by atoms with Crippen LogP contribution in [-0.2, 0) is 76.7 Å². The Labute approximate surface area is 484 Å². The number of allylic oxidation sites excluding steroid dienone is 3. The van der Waals surface area contributed by atoms with Crippen LogP contribution in [0.1, 0.15) is 96.4 Å². The highest BCUT2D eigenvalue weighted by Gasteiger charge is 2.64. The predicted octanol–water partition coefficient (Wildman–Crippen LogP) is 5.69. The Kier molecular flexibility index (Phi) is 23.2. The molecule has 2 saturated heterocycles. The van der Waals surface area contributed by atoms with Crippen molar-refractivity contribution in [3.63, 3.8) is 0 Å². The number of aryl methyl sites for hydroxylation is 2. The number of carboxylic acid groups (broad SMARTS) is 1. The number of benzene rings is 1. The molecule has 23 heteroatoms. The van der Waals surface area contributed by atoms with Crippen LogP contribution in [0.25, 0.3) is 11.0 Å². The second-order valence-electron chi connectivity index (χ2n) is 21.9. The maximum atomic E-state index is 14.3. The molecule has 2 aromatic heterocycles. The van der Waals surface area contributed by atoms with Gasteiger partial charge in [-0.05, 0) is 89.5 Å². The van der Waals surface area contributed by atoms with Crippen molar-refractivity contribution in [2.75, 3.05) is 72.7 Å². The van der Waals surface area contributed by atoms with Crippen LogP contribution in [0.15, 0.2) is 60.3 Å². The number of Topliss-reactive ketones (excluding diaryl/α,β-unsaturated/α-hetero) is 1. The van der Waals surface area contributed by atoms with Crippen LogP contribution in [0.3, 0.4) is 0 Å². The molecule has 3 aliphatic rings. The van der Waals surface area contributed by atoms with Gasteiger partial charge in [0.2, 0.25) is 17.7 Å².